The normalized spacial score (nSPS) is 12.8. The van der Waals surface area contributed by atoms with E-state index in [4.69, 9.17) is 0 Å². The lowest BCUT2D eigenvalue weighted by Crippen LogP contribution is -2.02. The zero-order chi connectivity index (χ0) is 12.6. The lowest BCUT2D eigenvalue weighted by Gasteiger charge is -2.08. The molecule has 7 heteroatoms. The lowest BCUT2D eigenvalue weighted by atomic mass is 10.1. The van der Waals surface area contributed by atoms with Crippen molar-refractivity contribution < 1.29 is 18.3 Å². The standard InChI is InChI=1S/C10H5BrF3NOS/c11-7-3-17-10(15-7)9(16)4-1-5(12)8(14)6(13)2-4/h1-3,9,16H. The Kier molecular flexibility index (Phi) is 3.50. The number of nitrogens with zero attached hydrogens (tertiary/aromatic N) is 1. The molecule has 90 valence electrons. The molecule has 1 atom stereocenters. The maximum atomic E-state index is 13.0. The van der Waals surface area contributed by atoms with Crippen molar-refractivity contribution in [2.24, 2.45) is 0 Å². The van der Waals surface area contributed by atoms with Crippen molar-refractivity contribution in [1.29, 1.82) is 0 Å². The van der Waals surface area contributed by atoms with Crippen LogP contribution in [0.2, 0.25) is 0 Å². The summed E-state index contributed by atoms with van der Waals surface area (Å²) in [4.78, 5) is 3.92. The fourth-order valence-corrected chi connectivity index (χ4v) is 2.54. The first-order valence-electron chi connectivity index (χ1n) is 4.42. The van der Waals surface area contributed by atoms with Crippen molar-refractivity contribution in [3.8, 4) is 0 Å². The monoisotopic (exact) mass is 323 g/mol. The molecule has 0 radical (unpaired) electrons. The van der Waals surface area contributed by atoms with Crippen LogP contribution in [0.25, 0.3) is 0 Å². The molecule has 1 aromatic heterocycles. The molecule has 1 heterocycles. The molecule has 1 unspecified atom stereocenters. The molecule has 0 amide bonds. The Balaban J connectivity index is 2.41. The maximum Gasteiger partial charge on any atom is 0.194 e. The van der Waals surface area contributed by atoms with Crippen molar-refractivity contribution in [2.45, 2.75) is 6.10 Å². The summed E-state index contributed by atoms with van der Waals surface area (Å²) in [7, 11) is 0. The summed E-state index contributed by atoms with van der Waals surface area (Å²) >= 11 is 4.22. The van der Waals surface area contributed by atoms with Crippen molar-refractivity contribution >= 4 is 27.3 Å². The third-order valence-electron chi connectivity index (χ3n) is 2.05. The van der Waals surface area contributed by atoms with E-state index in [2.05, 4.69) is 20.9 Å². The minimum absolute atomic E-state index is 0.0803. The van der Waals surface area contributed by atoms with E-state index < -0.39 is 23.6 Å². The summed E-state index contributed by atoms with van der Waals surface area (Å²) in [5.74, 6) is -4.23. The molecule has 17 heavy (non-hydrogen) atoms. The number of thiazole rings is 1. The van der Waals surface area contributed by atoms with E-state index in [0.29, 0.717) is 4.60 Å². The number of aliphatic hydroxyl groups is 1. The minimum Gasteiger partial charge on any atom is -0.381 e. The zero-order valence-electron chi connectivity index (χ0n) is 8.12. The van der Waals surface area contributed by atoms with E-state index in [1.54, 1.807) is 5.38 Å². The summed E-state index contributed by atoms with van der Waals surface area (Å²) in [6.45, 7) is 0. The van der Waals surface area contributed by atoms with E-state index in [1.165, 1.54) is 0 Å². The number of benzene rings is 1. The van der Waals surface area contributed by atoms with Gasteiger partial charge in [-0.15, -0.1) is 11.3 Å². The average Bonchev–Trinajstić information content (AvgIpc) is 2.71. The van der Waals surface area contributed by atoms with E-state index in [9.17, 15) is 18.3 Å². The third-order valence-corrected chi connectivity index (χ3v) is 3.66. The van der Waals surface area contributed by atoms with Gasteiger partial charge in [-0.1, -0.05) is 0 Å². The number of aliphatic hydroxyl groups excluding tert-OH is 1. The number of hydrogen-bond donors (Lipinski definition) is 1. The van der Waals surface area contributed by atoms with Gasteiger partial charge in [0.15, 0.2) is 17.5 Å². The zero-order valence-corrected chi connectivity index (χ0v) is 10.5. The van der Waals surface area contributed by atoms with Crippen LogP contribution in [0.4, 0.5) is 13.2 Å². The molecule has 0 saturated heterocycles. The molecule has 0 spiro atoms. The molecule has 0 saturated carbocycles. The quantitative estimate of drug-likeness (QED) is 0.859. The van der Waals surface area contributed by atoms with Gasteiger partial charge in [-0.3, -0.25) is 0 Å². The van der Waals surface area contributed by atoms with Crippen LogP contribution >= 0.6 is 27.3 Å². The SMILES string of the molecule is OC(c1cc(F)c(F)c(F)c1)c1nc(Br)cs1. The van der Waals surface area contributed by atoms with Crippen molar-refractivity contribution in [3.63, 3.8) is 0 Å². The van der Waals surface area contributed by atoms with Gasteiger partial charge in [-0.2, -0.15) is 0 Å². The number of halogens is 4. The second-order valence-electron chi connectivity index (χ2n) is 3.21. The Hall–Kier alpha value is -0.920. The largest absolute Gasteiger partial charge is 0.381 e. The Bertz CT molecular complexity index is 537. The van der Waals surface area contributed by atoms with Crippen LogP contribution in [0.5, 0.6) is 0 Å². The van der Waals surface area contributed by atoms with Gasteiger partial charge in [0.25, 0.3) is 0 Å². The highest BCUT2D eigenvalue weighted by Crippen LogP contribution is 2.28. The molecule has 0 bridgehead atoms. The Labute approximate surface area is 107 Å². The van der Waals surface area contributed by atoms with Gasteiger partial charge >= 0.3 is 0 Å². The number of rotatable bonds is 2. The van der Waals surface area contributed by atoms with Crippen LogP contribution in [0.15, 0.2) is 22.1 Å². The minimum atomic E-state index is -1.55. The predicted molar refractivity (Wildman–Crippen MR) is 60.2 cm³/mol. The molecule has 1 aromatic carbocycles. The molecule has 0 fully saturated rings. The summed E-state index contributed by atoms with van der Waals surface area (Å²) in [6.07, 6.45) is -1.28. The lowest BCUT2D eigenvalue weighted by molar-refractivity contribution is 0.218. The fraction of sp³-hybridized carbons (Fsp3) is 0.100. The van der Waals surface area contributed by atoms with Crippen LogP contribution in [-0.2, 0) is 0 Å². The first-order chi connectivity index (χ1) is 7.99. The highest BCUT2D eigenvalue weighted by molar-refractivity contribution is 9.10. The van der Waals surface area contributed by atoms with E-state index in [-0.39, 0.29) is 10.6 Å². The maximum absolute atomic E-state index is 13.0. The van der Waals surface area contributed by atoms with Gasteiger partial charge in [-0.05, 0) is 33.6 Å². The predicted octanol–water partition coefficient (Wildman–Crippen LogP) is 3.40. The smallest absolute Gasteiger partial charge is 0.194 e. The van der Waals surface area contributed by atoms with Gasteiger partial charge in [-0.25, -0.2) is 18.2 Å². The Morgan fingerprint density at radius 3 is 2.29 bits per heavy atom. The molecule has 2 aromatic rings. The fourth-order valence-electron chi connectivity index (χ4n) is 1.27. The molecule has 2 rings (SSSR count). The van der Waals surface area contributed by atoms with Gasteiger partial charge in [0.05, 0.1) is 0 Å². The highest BCUT2D eigenvalue weighted by Gasteiger charge is 2.19. The van der Waals surface area contributed by atoms with Crippen molar-refractivity contribution in [3.05, 3.63) is 50.1 Å². The molecule has 0 aliphatic rings. The van der Waals surface area contributed by atoms with Gasteiger partial charge in [0, 0.05) is 5.38 Å². The first kappa shape index (κ1) is 12.5. The topological polar surface area (TPSA) is 33.1 Å². The summed E-state index contributed by atoms with van der Waals surface area (Å²) in [5, 5.41) is 11.7. The second kappa shape index (κ2) is 4.75. The summed E-state index contributed by atoms with van der Waals surface area (Å²) in [5.41, 5.74) is -0.0803. The van der Waals surface area contributed by atoms with Crippen LogP contribution in [0.3, 0.4) is 0 Å². The van der Waals surface area contributed by atoms with Crippen LogP contribution in [-0.4, -0.2) is 10.1 Å². The van der Waals surface area contributed by atoms with Crippen LogP contribution < -0.4 is 0 Å². The Morgan fingerprint density at radius 2 is 1.82 bits per heavy atom. The average molecular weight is 324 g/mol. The Morgan fingerprint density at radius 1 is 1.24 bits per heavy atom. The van der Waals surface area contributed by atoms with Crippen LogP contribution in [0, 0.1) is 17.5 Å². The van der Waals surface area contributed by atoms with Crippen molar-refractivity contribution in [1.82, 2.24) is 4.98 Å². The number of aromatic nitrogens is 1. The molecular formula is C10H5BrF3NOS. The first-order valence-corrected chi connectivity index (χ1v) is 6.09. The molecule has 0 aliphatic carbocycles. The van der Waals surface area contributed by atoms with E-state index >= 15 is 0 Å². The second-order valence-corrected chi connectivity index (χ2v) is 4.91. The summed E-state index contributed by atoms with van der Waals surface area (Å²) < 4.78 is 39.2. The van der Waals surface area contributed by atoms with E-state index in [0.717, 1.165) is 23.5 Å². The molecule has 1 N–H and O–H groups in total. The summed E-state index contributed by atoms with van der Waals surface area (Å²) in [6, 6.07) is 1.50. The third kappa shape index (κ3) is 2.51. The van der Waals surface area contributed by atoms with Gasteiger partial charge in [0.1, 0.15) is 15.7 Å². The number of hydrogen-bond acceptors (Lipinski definition) is 3. The van der Waals surface area contributed by atoms with Gasteiger partial charge in [0.2, 0.25) is 0 Å². The highest BCUT2D eigenvalue weighted by atomic mass is 79.9. The van der Waals surface area contributed by atoms with Crippen molar-refractivity contribution in [2.75, 3.05) is 0 Å². The molecule has 2 nitrogen and oxygen atoms in total. The van der Waals surface area contributed by atoms with Gasteiger partial charge < -0.3 is 5.11 Å². The molecular weight excluding hydrogens is 319 g/mol. The van der Waals surface area contributed by atoms with Crippen LogP contribution in [0.1, 0.15) is 16.7 Å². The van der Waals surface area contributed by atoms with E-state index in [1.807, 2.05) is 0 Å². The molecule has 0 aliphatic heterocycles.